The maximum Gasteiger partial charge on any atom is 0.416 e. The number of amides is 1. The summed E-state index contributed by atoms with van der Waals surface area (Å²) >= 11 is 1.14. The topological polar surface area (TPSA) is 66.8 Å². The zero-order valence-electron chi connectivity index (χ0n) is 16.2. The Balaban J connectivity index is 1.62. The van der Waals surface area contributed by atoms with Gasteiger partial charge in [0.2, 0.25) is 5.91 Å². The third-order valence-electron chi connectivity index (χ3n) is 5.21. The standard InChI is InChI=1S/C21H19F3N2O3S2/c22-21(23,24)15-7-4-8-16(11-15)26-17-12-31(28,29)13-18(17)30-20(26)25-19(27)10-9-14-5-2-1-3-6-14/h1-8,11,17-18H,9-10,12-13H2/t17-,18-/m1/s1. The molecule has 4 rings (SSSR count). The number of hydrogen-bond donors (Lipinski definition) is 0. The van der Waals surface area contributed by atoms with E-state index >= 15 is 0 Å². The molecule has 0 bridgehead atoms. The minimum atomic E-state index is -4.53. The predicted molar refractivity (Wildman–Crippen MR) is 115 cm³/mol. The van der Waals surface area contributed by atoms with Gasteiger partial charge in [-0.2, -0.15) is 18.2 Å². The SMILES string of the molecule is O=C(CCc1ccccc1)N=C1S[C@@H]2CS(=O)(=O)C[C@H]2N1c1cccc(C(F)(F)F)c1. The molecule has 2 heterocycles. The van der Waals surface area contributed by atoms with Crippen molar-refractivity contribution in [3.63, 3.8) is 0 Å². The summed E-state index contributed by atoms with van der Waals surface area (Å²) in [4.78, 5) is 18.1. The fourth-order valence-electron chi connectivity index (χ4n) is 3.76. The molecule has 2 aromatic rings. The third-order valence-corrected chi connectivity index (χ3v) is 8.42. The number of carbonyl (C=O) groups excluding carboxylic acids is 1. The molecule has 164 valence electrons. The number of carbonyl (C=O) groups is 1. The minimum Gasteiger partial charge on any atom is -0.316 e. The van der Waals surface area contributed by atoms with Crippen molar-refractivity contribution in [3.05, 3.63) is 65.7 Å². The molecule has 0 radical (unpaired) electrons. The van der Waals surface area contributed by atoms with Gasteiger partial charge in [0.05, 0.1) is 23.1 Å². The van der Waals surface area contributed by atoms with Crippen molar-refractivity contribution >= 4 is 38.4 Å². The van der Waals surface area contributed by atoms with Gasteiger partial charge < -0.3 is 4.90 Å². The molecule has 10 heteroatoms. The van der Waals surface area contributed by atoms with Crippen molar-refractivity contribution in [1.82, 2.24) is 0 Å². The number of rotatable bonds is 4. The number of sulfone groups is 1. The summed E-state index contributed by atoms with van der Waals surface area (Å²) in [5.74, 6) is -0.668. The maximum atomic E-state index is 13.2. The van der Waals surface area contributed by atoms with Crippen molar-refractivity contribution in [2.45, 2.75) is 30.3 Å². The molecule has 0 spiro atoms. The van der Waals surface area contributed by atoms with Gasteiger partial charge in [0.1, 0.15) is 0 Å². The molecule has 31 heavy (non-hydrogen) atoms. The van der Waals surface area contributed by atoms with E-state index in [2.05, 4.69) is 4.99 Å². The van der Waals surface area contributed by atoms with E-state index in [0.29, 0.717) is 6.42 Å². The van der Waals surface area contributed by atoms with Crippen molar-refractivity contribution in [3.8, 4) is 0 Å². The summed E-state index contributed by atoms with van der Waals surface area (Å²) in [6.07, 6.45) is -3.89. The van der Waals surface area contributed by atoms with Gasteiger partial charge in [0, 0.05) is 17.4 Å². The van der Waals surface area contributed by atoms with E-state index in [1.54, 1.807) is 0 Å². The van der Waals surface area contributed by atoms with Gasteiger partial charge >= 0.3 is 6.18 Å². The number of thioether (sulfide) groups is 1. The molecule has 1 amide bonds. The van der Waals surface area contributed by atoms with Gasteiger partial charge in [0.15, 0.2) is 15.0 Å². The van der Waals surface area contributed by atoms with Gasteiger partial charge in [-0.15, -0.1) is 0 Å². The molecule has 2 aliphatic heterocycles. The van der Waals surface area contributed by atoms with E-state index in [9.17, 15) is 26.4 Å². The van der Waals surface area contributed by atoms with Crippen LogP contribution in [0.3, 0.4) is 0 Å². The first-order chi connectivity index (χ1) is 14.6. The first kappa shape index (κ1) is 21.9. The Morgan fingerprint density at radius 1 is 1.10 bits per heavy atom. The third kappa shape index (κ3) is 4.95. The Kier molecular flexibility index (Phi) is 5.87. The summed E-state index contributed by atoms with van der Waals surface area (Å²) in [5, 5.41) is -0.123. The van der Waals surface area contributed by atoms with Gasteiger partial charge in [-0.3, -0.25) is 4.79 Å². The van der Waals surface area contributed by atoms with E-state index in [0.717, 1.165) is 29.5 Å². The Morgan fingerprint density at radius 3 is 2.55 bits per heavy atom. The molecular formula is C21H19F3N2O3S2. The van der Waals surface area contributed by atoms with Crippen LogP contribution in [0.25, 0.3) is 0 Å². The highest BCUT2D eigenvalue weighted by Gasteiger charge is 2.49. The second-order valence-corrected chi connectivity index (χ2v) is 10.9. The highest BCUT2D eigenvalue weighted by atomic mass is 32.2. The zero-order chi connectivity index (χ0) is 22.2. The van der Waals surface area contributed by atoms with Crippen molar-refractivity contribution in [1.29, 1.82) is 0 Å². The predicted octanol–water partition coefficient (Wildman–Crippen LogP) is 3.94. The molecular weight excluding hydrogens is 449 g/mol. The van der Waals surface area contributed by atoms with E-state index in [1.165, 1.54) is 17.0 Å². The normalized spacial score (nSPS) is 23.8. The monoisotopic (exact) mass is 468 g/mol. The average molecular weight is 469 g/mol. The minimum absolute atomic E-state index is 0.0883. The molecule has 2 fully saturated rings. The highest BCUT2D eigenvalue weighted by Crippen LogP contribution is 2.42. The van der Waals surface area contributed by atoms with Crippen LogP contribution in [-0.4, -0.2) is 42.3 Å². The van der Waals surface area contributed by atoms with Gasteiger partial charge in [-0.05, 0) is 30.2 Å². The molecule has 2 aliphatic rings. The van der Waals surface area contributed by atoms with Crippen LogP contribution >= 0.6 is 11.8 Å². The molecule has 0 aromatic heterocycles. The number of hydrogen-bond acceptors (Lipinski definition) is 4. The van der Waals surface area contributed by atoms with Crippen molar-refractivity contribution in [2.75, 3.05) is 16.4 Å². The van der Waals surface area contributed by atoms with Crippen LogP contribution < -0.4 is 4.90 Å². The summed E-state index contributed by atoms with van der Waals surface area (Å²) in [6.45, 7) is 0. The highest BCUT2D eigenvalue weighted by molar-refractivity contribution is 8.16. The summed E-state index contributed by atoms with van der Waals surface area (Å²) in [7, 11) is -3.31. The number of halogens is 3. The van der Waals surface area contributed by atoms with Gasteiger partial charge in [-0.25, -0.2) is 8.42 Å². The molecule has 2 saturated heterocycles. The Hall–Kier alpha value is -2.33. The van der Waals surface area contributed by atoms with Crippen LogP contribution in [0.5, 0.6) is 0 Å². The lowest BCUT2D eigenvalue weighted by atomic mass is 10.1. The molecule has 0 unspecified atom stereocenters. The maximum absolute atomic E-state index is 13.2. The van der Waals surface area contributed by atoms with Crippen LogP contribution in [0.2, 0.25) is 0 Å². The smallest absolute Gasteiger partial charge is 0.316 e. The Bertz CT molecular complexity index is 1120. The van der Waals surface area contributed by atoms with Crippen molar-refractivity contribution in [2.24, 2.45) is 4.99 Å². The number of nitrogens with zero attached hydrogens (tertiary/aromatic N) is 2. The summed E-state index contributed by atoms with van der Waals surface area (Å²) < 4.78 is 63.8. The average Bonchev–Trinajstić information content (AvgIpc) is 3.17. The molecule has 2 aromatic carbocycles. The molecule has 0 aliphatic carbocycles. The van der Waals surface area contributed by atoms with Crippen LogP contribution in [0.15, 0.2) is 59.6 Å². The lowest BCUT2D eigenvalue weighted by Gasteiger charge is -2.25. The van der Waals surface area contributed by atoms with Crippen LogP contribution in [0, 0.1) is 0 Å². The lowest BCUT2D eigenvalue weighted by Crippen LogP contribution is -2.37. The number of amidine groups is 1. The van der Waals surface area contributed by atoms with Crippen LogP contribution in [0.1, 0.15) is 17.5 Å². The van der Waals surface area contributed by atoms with Gasteiger partial charge in [0.25, 0.3) is 0 Å². The second kappa shape index (κ2) is 8.31. The second-order valence-electron chi connectivity index (χ2n) is 7.49. The largest absolute Gasteiger partial charge is 0.416 e. The number of benzene rings is 2. The zero-order valence-corrected chi connectivity index (χ0v) is 17.9. The fourth-order valence-corrected chi connectivity index (χ4v) is 7.69. The van der Waals surface area contributed by atoms with Gasteiger partial charge in [-0.1, -0.05) is 48.2 Å². The quantitative estimate of drug-likeness (QED) is 0.680. The summed E-state index contributed by atoms with van der Waals surface area (Å²) in [6, 6.07) is 13.5. The molecule has 0 N–H and O–H groups in total. The molecule has 2 atom stereocenters. The number of fused-ring (bicyclic) bond motifs is 1. The van der Waals surface area contributed by atoms with E-state index in [-0.39, 0.29) is 34.0 Å². The number of anilines is 1. The molecule has 0 saturated carbocycles. The van der Waals surface area contributed by atoms with E-state index in [4.69, 9.17) is 0 Å². The first-order valence-corrected chi connectivity index (χ1v) is 12.3. The Morgan fingerprint density at radius 2 is 1.84 bits per heavy atom. The van der Waals surface area contributed by atoms with Crippen LogP contribution in [0.4, 0.5) is 18.9 Å². The van der Waals surface area contributed by atoms with E-state index < -0.39 is 33.5 Å². The number of aryl methyl sites for hydroxylation is 1. The summed E-state index contributed by atoms with van der Waals surface area (Å²) in [5.41, 5.74) is 0.323. The Labute approximate surface area is 182 Å². The molecule has 5 nitrogen and oxygen atoms in total. The van der Waals surface area contributed by atoms with Crippen LogP contribution in [-0.2, 0) is 27.2 Å². The van der Waals surface area contributed by atoms with E-state index in [1.807, 2.05) is 30.3 Å². The number of alkyl halides is 3. The number of aliphatic imine (C=N–C) groups is 1. The first-order valence-electron chi connectivity index (χ1n) is 9.61. The lowest BCUT2D eigenvalue weighted by molar-refractivity contribution is -0.137. The fraction of sp³-hybridized carbons (Fsp3) is 0.333. The van der Waals surface area contributed by atoms with Crippen molar-refractivity contribution < 1.29 is 26.4 Å².